The number of unbranched alkanes of at least 4 members (excludes halogenated alkanes) is 3. The fourth-order valence-electron chi connectivity index (χ4n) is 5.71. The number of hydrogen-bond acceptors (Lipinski definition) is 3. The van der Waals surface area contributed by atoms with Crippen LogP contribution in [0.5, 0.6) is 11.5 Å². The van der Waals surface area contributed by atoms with Crippen molar-refractivity contribution in [2.75, 3.05) is 6.61 Å². The first kappa shape index (κ1) is 24.8. The molecule has 1 saturated carbocycles. The molecule has 0 bridgehead atoms. The van der Waals surface area contributed by atoms with E-state index in [1.165, 1.54) is 63.4 Å². The fraction of sp³-hybridized carbons (Fsp3) is 0.567. The van der Waals surface area contributed by atoms with Gasteiger partial charge in [0.1, 0.15) is 0 Å². The summed E-state index contributed by atoms with van der Waals surface area (Å²) in [5.41, 5.74) is 3.36. The third kappa shape index (κ3) is 5.31. The van der Waals surface area contributed by atoms with Crippen LogP contribution in [0.15, 0.2) is 36.4 Å². The molecule has 2 aliphatic rings. The normalized spacial score (nSPS) is 19.4. The van der Waals surface area contributed by atoms with Crippen molar-refractivity contribution in [1.82, 2.24) is 0 Å². The van der Waals surface area contributed by atoms with Crippen LogP contribution in [-0.2, 0) is 16.6 Å². The van der Waals surface area contributed by atoms with Crippen molar-refractivity contribution >= 4 is 5.97 Å². The van der Waals surface area contributed by atoms with Gasteiger partial charge >= 0.3 is 5.97 Å². The molecule has 3 nitrogen and oxygen atoms in total. The molecule has 0 spiro atoms. The van der Waals surface area contributed by atoms with Gasteiger partial charge in [-0.2, -0.15) is 4.39 Å². The molecule has 0 radical (unpaired) electrons. The van der Waals surface area contributed by atoms with Gasteiger partial charge in [0.05, 0.1) is 12.5 Å². The Bertz CT molecular complexity index is 960. The molecule has 0 amide bonds. The number of halogens is 1. The molecule has 0 aromatic heterocycles. The zero-order chi connectivity index (χ0) is 24.0. The summed E-state index contributed by atoms with van der Waals surface area (Å²) in [5, 5.41) is 0. The van der Waals surface area contributed by atoms with Crippen LogP contribution in [0.4, 0.5) is 4.39 Å². The minimum Gasteiger partial charge on any atom is -0.490 e. The van der Waals surface area contributed by atoms with Crippen molar-refractivity contribution < 1.29 is 18.7 Å². The second-order valence-corrected chi connectivity index (χ2v) is 10.2. The Labute approximate surface area is 204 Å². The average molecular weight is 467 g/mol. The van der Waals surface area contributed by atoms with Crippen molar-refractivity contribution in [3.8, 4) is 11.5 Å². The van der Waals surface area contributed by atoms with Crippen LogP contribution in [-0.4, -0.2) is 12.6 Å². The number of esters is 1. The highest BCUT2D eigenvalue weighted by Crippen LogP contribution is 2.44. The Morgan fingerprint density at radius 3 is 2.41 bits per heavy atom. The molecule has 2 aromatic carbocycles. The number of carbonyl (C=O) groups is 1. The van der Waals surface area contributed by atoms with Crippen LogP contribution >= 0.6 is 0 Å². The lowest BCUT2D eigenvalue weighted by Gasteiger charge is -2.38. The predicted octanol–water partition coefficient (Wildman–Crippen LogP) is 8.03. The SMILES string of the molecule is CCCCCC1(c2ccc(C3Cc4ccc(OCCCC)c(F)c4OC3=O)cc2)CCCCC1. The second-order valence-electron chi connectivity index (χ2n) is 10.2. The van der Waals surface area contributed by atoms with E-state index < -0.39 is 11.7 Å². The first-order valence-electron chi connectivity index (χ1n) is 13.3. The van der Waals surface area contributed by atoms with E-state index in [1.807, 2.05) is 6.07 Å². The van der Waals surface area contributed by atoms with Crippen LogP contribution in [0.1, 0.15) is 107 Å². The number of ether oxygens (including phenoxy) is 2. The smallest absolute Gasteiger partial charge is 0.319 e. The molecule has 0 N–H and O–H groups in total. The summed E-state index contributed by atoms with van der Waals surface area (Å²) in [7, 11) is 0. The van der Waals surface area contributed by atoms with E-state index in [2.05, 4.69) is 38.1 Å². The van der Waals surface area contributed by atoms with Crippen LogP contribution < -0.4 is 9.47 Å². The third-order valence-electron chi connectivity index (χ3n) is 7.80. The quantitative estimate of drug-likeness (QED) is 0.202. The topological polar surface area (TPSA) is 35.5 Å². The van der Waals surface area contributed by atoms with Gasteiger partial charge in [0, 0.05) is 0 Å². The maximum Gasteiger partial charge on any atom is 0.319 e. The van der Waals surface area contributed by atoms with Gasteiger partial charge in [-0.15, -0.1) is 0 Å². The van der Waals surface area contributed by atoms with Crippen molar-refractivity contribution in [1.29, 1.82) is 0 Å². The van der Waals surface area contributed by atoms with Gasteiger partial charge in [0.25, 0.3) is 0 Å². The Balaban J connectivity index is 1.51. The fourth-order valence-corrected chi connectivity index (χ4v) is 5.71. The summed E-state index contributed by atoms with van der Waals surface area (Å²) >= 11 is 0. The van der Waals surface area contributed by atoms with E-state index in [-0.39, 0.29) is 22.9 Å². The maximum atomic E-state index is 14.9. The average Bonchev–Trinajstić information content (AvgIpc) is 2.86. The van der Waals surface area contributed by atoms with Gasteiger partial charge in [-0.1, -0.05) is 89.1 Å². The molecule has 1 unspecified atom stereocenters. The Kier molecular flexibility index (Phi) is 8.28. The number of fused-ring (bicyclic) bond motifs is 1. The molecule has 4 heteroatoms. The first-order valence-corrected chi connectivity index (χ1v) is 13.3. The molecule has 0 saturated heterocycles. The summed E-state index contributed by atoms with van der Waals surface area (Å²) in [6.45, 7) is 4.77. The molecule has 4 rings (SSSR count). The molecule has 1 aliphatic carbocycles. The monoisotopic (exact) mass is 466 g/mol. The van der Waals surface area contributed by atoms with Gasteiger partial charge in [-0.05, 0) is 60.3 Å². The molecule has 1 heterocycles. The molecule has 1 aliphatic heterocycles. The second kappa shape index (κ2) is 11.4. The van der Waals surface area contributed by atoms with Crippen LogP contribution in [0.2, 0.25) is 0 Å². The van der Waals surface area contributed by atoms with Gasteiger partial charge in [0.15, 0.2) is 11.5 Å². The van der Waals surface area contributed by atoms with E-state index in [4.69, 9.17) is 9.47 Å². The maximum absolute atomic E-state index is 14.9. The van der Waals surface area contributed by atoms with Crippen LogP contribution in [0, 0.1) is 5.82 Å². The number of carbonyl (C=O) groups excluding carboxylic acids is 1. The van der Waals surface area contributed by atoms with Crippen molar-refractivity contribution in [2.24, 2.45) is 0 Å². The highest BCUT2D eigenvalue weighted by Gasteiger charge is 2.35. The highest BCUT2D eigenvalue weighted by molar-refractivity contribution is 5.83. The molecule has 34 heavy (non-hydrogen) atoms. The number of hydrogen-bond donors (Lipinski definition) is 0. The lowest BCUT2D eigenvalue weighted by molar-refractivity contribution is -0.137. The highest BCUT2D eigenvalue weighted by atomic mass is 19.1. The van der Waals surface area contributed by atoms with E-state index in [9.17, 15) is 9.18 Å². The molecule has 1 atom stereocenters. The van der Waals surface area contributed by atoms with Crippen molar-refractivity contribution in [2.45, 2.75) is 102 Å². The van der Waals surface area contributed by atoms with Gasteiger partial charge in [-0.3, -0.25) is 4.79 Å². The summed E-state index contributed by atoms with van der Waals surface area (Å²) in [5.74, 6) is -1.18. The van der Waals surface area contributed by atoms with Gasteiger partial charge in [0.2, 0.25) is 5.82 Å². The van der Waals surface area contributed by atoms with E-state index in [1.54, 1.807) is 6.07 Å². The standard InChI is InChI=1S/C30H39FO3/c1-3-5-8-17-30(18-9-7-10-19-30)24-14-11-22(12-15-24)25-21-23-13-16-26(33-20-6-4-2)27(31)28(23)34-29(25)32/h11-16,25H,3-10,17-21H2,1-2H3. The summed E-state index contributed by atoms with van der Waals surface area (Å²) < 4.78 is 26.0. The summed E-state index contributed by atoms with van der Waals surface area (Å²) in [6, 6.07) is 12.2. The van der Waals surface area contributed by atoms with Crippen LogP contribution in [0.25, 0.3) is 0 Å². The minimum absolute atomic E-state index is 0.0314. The number of benzene rings is 2. The third-order valence-corrected chi connectivity index (χ3v) is 7.80. The first-order chi connectivity index (χ1) is 16.6. The minimum atomic E-state index is -0.568. The van der Waals surface area contributed by atoms with Gasteiger partial charge < -0.3 is 9.47 Å². The Morgan fingerprint density at radius 2 is 1.71 bits per heavy atom. The molecular formula is C30H39FO3. The molecule has 2 aromatic rings. The van der Waals surface area contributed by atoms with Crippen molar-refractivity contribution in [3.05, 3.63) is 58.9 Å². The lowest BCUT2D eigenvalue weighted by Crippen LogP contribution is -2.29. The van der Waals surface area contributed by atoms with Crippen molar-refractivity contribution in [3.63, 3.8) is 0 Å². The zero-order valence-electron chi connectivity index (χ0n) is 20.8. The predicted molar refractivity (Wildman–Crippen MR) is 134 cm³/mol. The molecule has 184 valence electrons. The number of rotatable bonds is 10. The lowest BCUT2D eigenvalue weighted by atomic mass is 9.66. The van der Waals surface area contributed by atoms with Crippen LogP contribution in [0.3, 0.4) is 0 Å². The Morgan fingerprint density at radius 1 is 0.971 bits per heavy atom. The van der Waals surface area contributed by atoms with E-state index >= 15 is 0 Å². The summed E-state index contributed by atoms with van der Waals surface area (Å²) in [6.07, 6.45) is 13.8. The van der Waals surface area contributed by atoms with E-state index in [0.29, 0.717) is 13.0 Å². The van der Waals surface area contributed by atoms with Gasteiger partial charge in [-0.25, -0.2) is 0 Å². The summed E-state index contributed by atoms with van der Waals surface area (Å²) in [4.78, 5) is 12.9. The Hall–Kier alpha value is -2.36. The zero-order valence-corrected chi connectivity index (χ0v) is 20.8. The molecule has 1 fully saturated rings. The molecular weight excluding hydrogens is 427 g/mol. The largest absolute Gasteiger partial charge is 0.490 e. The van der Waals surface area contributed by atoms with E-state index in [0.717, 1.165) is 24.0 Å².